The predicted molar refractivity (Wildman–Crippen MR) is 101 cm³/mol. The molecule has 0 saturated carbocycles. The van der Waals surface area contributed by atoms with Crippen LogP contribution in [0.4, 0.5) is 10.6 Å². The first-order chi connectivity index (χ1) is 13.2. The lowest BCUT2D eigenvalue weighted by molar-refractivity contribution is 0.247. The van der Waals surface area contributed by atoms with Gasteiger partial charge >= 0.3 is 6.03 Å². The molecule has 1 unspecified atom stereocenters. The highest BCUT2D eigenvalue weighted by Crippen LogP contribution is 2.30. The maximum atomic E-state index is 12.4. The molecule has 0 fully saturated rings. The lowest BCUT2D eigenvalue weighted by Crippen LogP contribution is -2.34. The second-order valence-corrected chi connectivity index (χ2v) is 6.69. The van der Waals surface area contributed by atoms with Gasteiger partial charge < -0.3 is 5.32 Å². The lowest BCUT2D eigenvalue weighted by Gasteiger charge is -2.24. The molecular formula is C19H23N7O. The summed E-state index contributed by atoms with van der Waals surface area (Å²) in [5, 5.41) is 18.2. The average molecular weight is 365 g/mol. The van der Waals surface area contributed by atoms with E-state index in [1.54, 1.807) is 10.9 Å². The first-order valence-electron chi connectivity index (χ1n) is 9.29. The van der Waals surface area contributed by atoms with E-state index >= 15 is 0 Å². The van der Waals surface area contributed by atoms with Crippen LogP contribution in [0.25, 0.3) is 0 Å². The van der Waals surface area contributed by atoms with E-state index in [1.165, 1.54) is 11.3 Å². The van der Waals surface area contributed by atoms with Crippen LogP contribution in [0.15, 0.2) is 42.7 Å². The molecule has 0 bridgehead atoms. The summed E-state index contributed by atoms with van der Waals surface area (Å²) in [5.41, 5.74) is 3.52. The van der Waals surface area contributed by atoms with Gasteiger partial charge in [0, 0.05) is 17.8 Å². The molecule has 8 nitrogen and oxygen atoms in total. The number of aryl methyl sites for hydroxylation is 1. The largest absolute Gasteiger partial charge is 0.331 e. The van der Waals surface area contributed by atoms with E-state index in [-0.39, 0.29) is 12.1 Å². The van der Waals surface area contributed by atoms with Gasteiger partial charge in [-0.1, -0.05) is 35.5 Å². The standard InChI is InChI=1S/C19H23N7O/c1-2-25-13-18(23-24-25)22-19(27)21-16-9-6-10-17-15(16)11-20-26(17)12-14-7-4-3-5-8-14/h3-5,7-8,11,13,16H,2,6,9-10,12H2,1H3,(H2,21,22,27). The summed E-state index contributed by atoms with van der Waals surface area (Å²) in [4.78, 5) is 12.4. The second-order valence-electron chi connectivity index (χ2n) is 6.69. The number of benzene rings is 1. The van der Waals surface area contributed by atoms with Crippen molar-refractivity contribution in [3.05, 3.63) is 59.5 Å². The van der Waals surface area contributed by atoms with E-state index in [2.05, 4.69) is 38.2 Å². The fourth-order valence-corrected chi connectivity index (χ4v) is 3.48. The van der Waals surface area contributed by atoms with Crippen molar-refractivity contribution in [2.24, 2.45) is 0 Å². The van der Waals surface area contributed by atoms with Gasteiger partial charge in [-0.2, -0.15) is 5.10 Å². The maximum Gasteiger partial charge on any atom is 0.320 e. The van der Waals surface area contributed by atoms with Crippen molar-refractivity contribution in [1.82, 2.24) is 30.1 Å². The minimum atomic E-state index is -0.271. The highest BCUT2D eigenvalue weighted by molar-refractivity contribution is 5.88. The number of hydrogen-bond donors (Lipinski definition) is 2. The fourth-order valence-electron chi connectivity index (χ4n) is 3.48. The SMILES string of the molecule is CCn1cc(NC(=O)NC2CCCc3c2cnn3Cc2ccccc2)nn1. The number of urea groups is 1. The summed E-state index contributed by atoms with van der Waals surface area (Å²) in [6.07, 6.45) is 6.50. The van der Waals surface area contributed by atoms with E-state index in [4.69, 9.17) is 0 Å². The minimum absolute atomic E-state index is 0.0421. The molecule has 1 aliphatic carbocycles. The molecule has 1 aliphatic rings. The van der Waals surface area contributed by atoms with Crippen LogP contribution < -0.4 is 10.6 Å². The maximum absolute atomic E-state index is 12.4. The number of aromatic nitrogens is 5. The van der Waals surface area contributed by atoms with Crippen LogP contribution in [0.1, 0.15) is 42.6 Å². The van der Waals surface area contributed by atoms with Crippen LogP contribution in [-0.2, 0) is 19.5 Å². The predicted octanol–water partition coefficient (Wildman–Crippen LogP) is 2.74. The summed E-state index contributed by atoms with van der Waals surface area (Å²) in [5.74, 6) is 0.449. The molecule has 2 aromatic heterocycles. The molecule has 8 heteroatoms. The Balaban J connectivity index is 1.44. The van der Waals surface area contributed by atoms with Gasteiger partial charge in [0.2, 0.25) is 0 Å². The number of nitrogens with zero attached hydrogens (tertiary/aromatic N) is 5. The topological polar surface area (TPSA) is 89.7 Å². The third kappa shape index (κ3) is 3.84. The van der Waals surface area contributed by atoms with Gasteiger partial charge in [-0.25, -0.2) is 4.79 Å². The van der Waals surface area contributed by atoms with Gasteiger partial charge in [0.25, 0.3) is 0 Å². The van der Waals surface area contributed by atoms with Crippen LogP contribution >= 0.6 is 0 Å². The summed E-state index contributed by atoms with van der Waals surface area (Å²) in [7, 11) is 0. The quantitative estimate of drug-likeness (QED) is 0.727. The summed E-state index contributed by atoms with van der Waals surface area (Å²) < 4.78 is 3.71. The number of carbonyl (C=O) groups is 1. The molecule has 140 valence electrons. The number of anilines is 1. The smallest absolute Gasteiger partial charge is 0.320 e. The van der Waals surface area contributed by atoms with Crippen molar-refractivity contribution in [1.29, 1.82) is 0 Å². The Bertz CT molecular complexity index is 915. The van der Waals surface area contributed by atoms with Crippen LogP contribution in [0.5, 0.6) is 0 Å². The molecule has 1 atom stereocenters. The van der Waals surface area contributed by atoms with Gasteiger partial charge in [0.05, 0.1) is 25.0 Å². The Hall–Kier alpha value is -3.16. The third-order valence-electron chi connectivity index (χ3n) is 4.85. The van der Waals surface area contributed by atoms with Gasteiger partial charge in [-0.05, 0) is 31.7 Å². The van der Waals surface area contributed by atoms with Crippen LogP contribution in [0.3, 0.4) is 0 Å². The van der Waals surface area contributed by atoms with Gasteiger partial charge in [0.1, 0.15) is 0 Å². The Kier molecular flexibility index (Phi) is 4.86. The number of carbonyl (C=O) groups excluding carboxylic acids is 1. The van der Waals surface area contributed by atoms with Gasteiger partial charge in [-0.3, -0.25) is 14.7 Å². The Labute approximate surface area is 157 Å². The first kappa shape index (κ1) is 17.3. The van der Waals surface area contributed by atoms with Crippen molar-refractivity contribution in [3.8, 4) is 0 Å². The molecule has 0 radical (unpaired) electrons. The van der Waals surface area contributed by atoms with Gasteiger partial charge in [-0.15, -0.1) is 5.10 Å². The molecule has 4 rings (SSSR count). The third-order valence-corrected chi connectivity index (χ3v) is 4.85. The first-order valence-corrected chi connectivity index (χ1v) is 9.29. The number of fused-ring (bicyclic) bond motifs is 1. The molecule has 3 aromatic rings. The summed E-state index contributed by atoms with van der Waals surface area (Å²) in [6, 6.07) is 9.97. The Morgan fingerprint density at radius 3 is 2.93 bits per heavy atom. The number of rotatable bonds is 5. The second kappa shape index (κ2) is 7.61. The monoisotopic (exact) mass is 365 g/mol. The number of amides is 2. The van der Waals surface area contributed by atoms with E-state index in [9.17, 15) is 4.79 Å². The zero-order valence-corrected chi connectivity index (χ0v) is 15.3. The highest BCUT2D eigenvalue weighted by Gasteiger charge is 2.25. The average Bonchev–Trinajstić information content (AvgIpc) is 3.30. The molecule has 27 heavy (non-hydrogen) atoms. The molecule has 2 heterocycles. The van der Waals surface area contributed by atoms with Crippen LogP contribution in [0.2, 0.25) is 0 Å². The molecule has 0 saturated heterocycles. The van der Waals surface area contributed by atoms with E-state index < -0.39 is 0 Å². The van der Waals surface area contributed by atoms with Crippen molar-refractivity contribution >= 4 is 11.8 Å². The van der Waals surface area contributed by atoms with Crippen molar-refractivity contribution in [3.63, 3.8) is 0 Å². The zero-order chi connectivity index (χ0) is 18.6. The summed E-state index contributed by atoms with van der Waals surface area (Å²) in [6.45, 7) is 3.42. The number of nitrogens with one attached hydrogen (secondary N) is 2. The van der Waals surface area contributed by atoms with Crippen LogP contribution in [0, 0.1) is 0 Å². The minimum Gasteiger partial charge on any atom is -0.331 e. The van der Waals surface area contributed by atoms with Crippen molar-refractivity contribution < 1.29 is 4.79 Å². The van der Waals surface area contributed by atoms with Gasteiger partial charge in [0.15, 0.2) is 5.82 Å². The van der Waals surface area contributed by atoms with Crippen molar-refractivity contribution in [2.45, 2.75) is 45.3 Å². The molecule has 0 spiro atoms. The molecule has 2 amide bonds. The lowest BCUT2D eigenvalue weighted by atomic mass is 9.93. The number of hydrogen-bond acceptors (Lipinski definition) is 4. The fraction of sp³-hybridized carbons (Fsp3) is 0.368. The molecule has 2 N–H and O–H groups in total. The Morgan fingerprint density at radius 2 is 2.15 bits per heavy atom. The van der Waals surface area contributed by atoms with Crippen LogP contribution in [-0.4, -0.2) is 30.8 Å². The van der Waals surface area contributed by atoms with Crippen molar-refractivity contribution in [2.75, 3.05) is 5.32 Å². The molecular weight excluding hydrogens is 342 g/mol. The molecule has 0 aliphatic heterocycles. The van der Waals surface area contributed by atoms with E-state index in [0.29, 0.717) is 12.4 Å². The summed E-state index contributed by atoms with van der Waals surface area (Å²) >= 11 is 0. The van der Waals surface area contributed by atoms with E-state index in [1.807, 2.05) is 36.0 Å². The zero-order valence-electron chi connectivity index (χ0n) is 15.3. The normalized spacial score (nSPS) is 16.0. The highest BCUT2D eigenvalue weighted by atomic mass is 16.2. The van der Waals surface area contributed by atoms with E-state index in [0.717, 1.165) is 31.4 Å². The Morgan fingerprint density at radius 1 is 1.30 bits per heavy atom. The molecule has 1 aromatic carbocycles.